The normalized spacial score (nSPS) is 20.7. The Labute approximate surface area is 273 Å². The van der Waals surface area contributed by atoms with Gasteiger partial charge in [-0.3, -0.25) is 19.5 Å². The van der Waals surface area contributed by atoms with Gasteiger partial charge in [-0.05, 0) is 88.5 Å². The first-order valence-electron chi connectivity index (χ1n) is 16.1. The number of hydrogen-bond acceptors (Lipinski definition) is 7. The third-order valence-electron chi connectivity index (χ3n) is 10.0. The number of amides is 2. The van der Waals surface area contributed by atoms with Crippen LogP contribution >= 0.6 is 0 Å². The predicted molar refractivity (Wildman–Crippen MR) is 177 cm³/mol. The van der Waals surface area contributed by atoms with Gasteiger partial charge in [0, 0.05) is 59.2 Å². The Morgan fingerprint density at radius 3 is 2.36 bits per heavy atom. The van der Waals surface area contributed by atoms with Crippen LogP contribution in [0.2, 0.25) is 0 Å². The van der Waals surface area contributed by atoms with Gasteiger partial charge < -0.3 is 24.8 Å². The summed E-state index contributed by atoms with van der Waals surface area (Å²) in [6, 6.07) is 17.3. The van der Waals surface area contributed by atoms with Gasteiger partial charge in [-0.25, -0.2) is 4.39 Å². The number of nitrogens with zero attached hydrogens (tertiary/aromatic N) is 2. The minimum Gasteiger partial charge on any atom is -0.496 e. The molecule has 2 atom stereocenters. The first-order chi connectivity index (χ1) is 22.7. The van der Waals surface area contributed by atoms with E-state index in [1.54, 1.807) is 37.6 Å². The maximum Gasteiger partial charge on any atom is 0.240 e. The number of aryl methyl sites for hydroxylation is 1. The van der Waals surface area contributed by atoms with Crippen LogP contribution in [-0.4, -0.2) is 55.1 Å². The van der Waals surface area contributed by atoms with Crippen molar-refractivity contribution in [1.82, 2.24) is 9.88 Å². The van der Waals surface area contributed by atoms with Crippen molar-refractivity contribution in [2.24, 2.45) is 10.8 Å². The van der Waals surface area contributed by atoms with Crippen LogP contribution in [0.5, 0.6) is 17.2 Å². The molecule has 3 heterocycles. The number of pyridine rings is 1. The molecule has 1 aromatic heterocycles. The number of ether oxygens (including phenoxy) is 3. The molecule has 2 N–H and O–H groups in total. The molecule has 1 spiro atoms. The highest BCUT2D eigenvalue weighted by Crippen LogP contribution is 2.48. The topological polar surface area (TPSA) is 102 Å². The molecule has 1 saturated carbocycles. The zero-order valence-corrected chi connectivity index (χ0v) is 26.9. The number of carbonyl (C=O) groups excluding carboxylic acids is 2. The van der Waals surface area contributed by atoms with Crippen molar-refractivity contribution in [2.45, 2.75) is 45.6 Å². The molecule has 2 amide bonds. The second-order valence-electron chi connectivity index (χ2n) is 13.2. The van der Waals surface area contributed by atoms with Gasteiger partial charge in [-0.1, -0.05) is 17.7 Å². The Balaban J connectivity index is 1.06. The van der Waals surface area contributed by atoms with Gasteiger partial charge in [0.25, 0.3) is 0 Å². The van der Waals surface area contributed by atoms with Crippen LogP contribution < -0.4 is 20.1 Å². The number of nitrogens with one attached hydrogen (secondary N) is 2. The molecule has 47 heavy (non-hydrogen) atoms. The molecule has 9 nitrogen and oxygen atoms in total. The van der Waals surface area contributed by atoms with E-state index in [0.717, 1.165) is 50.3 Å². The van der Waals surface area contributed by atoms with Crippen molar-refractivity contribution >= 4 is 34.1 Å². The van der Waals surface area contributed by atoms with E-state index in [1.807, 2.05) is 31.2 Å². The second-order valence-corrected chi connectivity index (χ2v) is 13.2. The Kier molecular flexibility index (Phi) is 8.09. The number of methoxy groups -OCH3 is 1. The maximum atomic E-state index is 15.4. The Bertz CT molecular complexity index is 1840. The van der Waals surface area contributed by atoms with E-state index in [0.29, 0.717) is 40.9 Å². The first-order valence-corrected chi connectivity index (χ1v) is 16.1. The molecule has 3 aromatic carbocycles. The molecule has 0 radical (unpaired) electrons. The Morgan fingerprint density at radius 2 is 1.68 bits per heavy atom. The number of benzene rings is 3. The lowest BCUT2D eigenvalue weighted by molar-refractivity contribution is -0.131. The van der Waals surface area contributed by atoms with Crippen LogP contribution in [0.1, 0.15) is 49.8 Å². The first kappa shape index (κ1) is 31.1. The van der Waals surface area contributed by atoms with Crippen LogP contribution in [0.3, 0.4) is 0 Å². The quantitative estimate of drug-likeness (QED) is 0.190. The smallest absolute Gasteiger partial charge is 0.240 e. The molecule has 4 aromatic rings. The summed E-state index contributed by atoms with van der Waals surface area (Å²) >= 11 is 0. The molecule has 2 unspecified atom stereocenters. The standard InChI is InChI=1S/C37H39FN4O5/c1-23-4-6-25(7-5-23)40-34(43)37(11-12-37)35(44)41-26-8-9-32(29(38)18-26)47-31-10-15-39-30-19-27(33(45-3)20-28(30)31)24(2)42-16-13-36(21-42)14-17-46-22-36/h4-10,15,18-20,24H,11-14,16-17,21-22H2,1-3H3,(H,40,43)(H,41,44). The fourth-order valence-corrected chi connectivity index (χ4v) is 6.82. The molecule has 2 aliphatic heterocycles. The highest BCUT2D eigenvalue weighted by atomic mass is 19.1. The van der Waals surface area contributed by atoms with Crippen LogP contribution in [0.4, 0.5) is 15.8 Å². The molecular weight excluding hydrogens is 599 g/mol. The summed E-state index contributed by atoms with van der Waals surface area (Å²) in [6.07, 6.45) is 4.72. The van der Waals surface area contributed by atoms with Crippen LogP contribution in [0.15, 0.2) is 66.9 Å². The summed E-state index contributed by atoms with van der Waals surface area (Å²) in [5.74, 6) is -0.358. The number of anilines is 2. The summed E-state index contributed by atoms with van der Waals surface area (Å²) < 4.78 is 33.0. The lowest BCUT2D eigenvalue weighted by atomic mass is 9.87. The average molecular weight is 639 g/mol. The van der Waals surface area contributed by atoms with Gasteiger partial charge in [-0.15, -0.1) is 0 Å². The van der Waals surface area contributed by atoms with Crippen molar-refractivity contribution in [3.63, 3.8) is 0 Å². The average Bonchev–Trinajstić information content (AvgIpc) is 3.60. The van der Waals surface area contributed by atoms with E-state index in [9.17, 15) is 9.59 Å². The maximum absolute atomic E-state index is 15.4. The monoisotopic (exact) mass is 638 g/mol. The van der Waals surface area contributed by atoms with Crippen molar-refractivity contribution in [2.75, 3.05) is 44.0 Å². The zero-order valence-electron chi connectivity index (χ0n) is 26.9. The number of halogens is 1. The Hall–Kier alpha value is -4.54. The summed E-state index contributed by atoms with van der Waals surface area (Å²) in [5.41, 5.74) is 2.75. The van der Waals surface area contributed by atoms with Crippen LogP contribution in [0, 0.1) is 23.6 Å². The lowest BCUT2D eigenvalue weighted by Crippen LogP contribution is -2.35. The van der Waals surface area contributed by atoms with E-state index in [-0.39, 0.29) is 28.8 Å². The molecule has 2 saturated heterocycles. The minimum atomic E-state index is -1.18. The van der Waals surface area contributed by atoms with E-state index < -0.39 is 17.1 Å². The molecular formula is C37H39FN4O5. The second kappa shape index (κ2) is 12.2. The highest BCUT2D eigenvalue weighted by Gasteiger charge is 2.56. The lowest BCUT2D eigenvalue weighted by Gasteiger charge is -2.28. The molecule has 0 bridgehead atoms. The van der Waals surface area contributed by atoms with Gasteiger partial charge in [0.1, 0.15) is 16.9 Å². The summed E-state index contributed by atoms with van der Waals surface area (Å²) in [7, 11) is 1.65. The van der Waals surface area contributed by atoms with Crippen molar-refractivity contribution in [3.8, 4) is 17.2 Å². The molecule has 3 fully saturated rings. The minimum absolute atomic E-state index is 0.00805. The van der Waals surface area contributed by atoms with E-state index in [2.05, 4.69) is 27.4 Å². The van der Waals surface area contributed by atoms with E-state index in [4.69, 9.17) is 14.2 Å². The zero-order chi connectivity index (χ0) is 32.8. The van der Waals surface area contributed by atoms with Crippen molar-refractivity contribution < 1.29 is 28.2 Å². The highest BCUT2D eigenvalue weighted by molar-refractivity contribution is 6.16. The van der Waals surface area contributed by atoms with Gasteiger partial charge >= 0.3 is 0 Å². The van der Waals surface area contributed by atoms with Gasteiger partial charge in [-0.2, -0.15) is 0 Å². The number of aromatic nitrogens is 1. The van der Waals surface area contributed by atoms with Gasteiger partial charge in [0.15, 0.2) is 11.6 Å². The molecule has 1 aliphatic carbocycles. The largest absolute Gasteiger partial charge is 0.496 e. The fraction of sp³-hybridized carbons (Fsp3) is 0.378. The SMILES string of the molecule is COc1cc2c(Oc3ccc(NC(=O)C4(C(=O)Nc5ccc(C)cc5)CC4)cc3F)ccnc2cc1C(C)N1CCC2(CCOC2)C1. The van der Waals surface area contributed by atoms with Gasteiger partial charge in [0.05, 0.1) is 19.2 Å². The number of likely N-dealkylation sites (tertiary alicyclic amines) is 1. The summed E-state index contributed by atoms with van der Waals surface area (Å²) in [6.45, 7) is 7.79. The molecule has 244 valence electrons. The number of rotatable bonds is 9. The van der Waals surface area contributed by atoms with Crippen molar-refractivity contribution in [1.29, 1.82) is 0 Å². The third kappa shape index (κ3) is 6.03. The molecule has 10 heteroatoms. The van der Waals surface area contributed by atoms with Crippen molar-refractivity contribution in [3.05, 3.63) is 83.8 Å². The van der Waals surface area contributed by atoms with E-state index >= 15 is 4.39 Å². The van der Waals surface area contributed by atoms with E-state index in [1.165, 1.54) is 12.1 Å². The molecule has 3 aliphatic rings. The fourth-order valence-electron chi connectivity index (χ4n) is 6.82. The number of hydrogen-bond donors (Lipinski definition) is 2. The summed E-state index contributed by atoms with van der Waals surface area (Å²) in [4.78, 5) is 33.2. The predicted octanol–water partition coefficient (Wildman–Crippen LogP) is 7.01. The molecule has 7 rings (SSSR count). The number of fused-ring (bicyclic) bond motifs is 1. The third-order valence-corrected chi connectivity index (χ3v) is 10.0. The van der Waals surface area contributed by atoms with Gasteiger partial charge in [0.2, 0.25) is 11.8 Å². The Morgan fingerprint density at radius 1 is 0.936 bits per heavy atom. The van der Waals surface area contributed by atoms with Crippen LogP contribution in [-0.2, 0) is 14.3 Å². The number of carbonyl (C=O) groups is 2. The van der Waals surface area contributed by atoms with Crippen LogP contribution in [0.25, 0.3) is 10.9 Å². The summed E-state index contributed by atoms with van der Waals surface area (Å²) in [5, 5.41) is 6.24.